The van der Waals surface area contributed by atoms with Crippen molar-refractivity contribution in [3.63, 3.8) is 0 Å². The Hall–Kier alpha value is -2.62. The Balaban J connectivity index is 1.94. The number of halogens is 1. The van der Waals surface area contributed by atoms with E-state index in [1.54, 1.807) is 12.1 Å². The highest BCUT2D eigenvalue weighted by molar-refractivity contribution is 5.84. The van der Waals surface area contributed by atoms with E-state index < -0.39 is 0 Å². The molecule has 0 unspecified atom stereocenters. The van der Waals surface area contributed by atoms with Gasteiger partial charge in [-0.05, 0) is 37.3 Å². The SMILES string of the molecule is Cc1ccc2oc(-c3nc4c(F)cccc4[nH]3)cc2c1. The van der Waals surface area contributed by atoms with Crippen molar-refractivity contribution < 1.29 is 8.81 Å². The van der Waals surface area contributed by atoms with Crippen molar-refractivity contribution in [2.75, 3.05) is 0 Å². The van der Waals surface area contributed by atoms with Gasteiger partial charge in [-0.15, -0.1) is 0 Å². The van der Waals surface area contributed by atoms with Gasteiger partial charge in [0.15, 0.2) is 17.4 Å². The topological polar surface area (TPSA) is 41.8 Å². The summed E-state index contributed by atoms with van der Waals surface area (Å²) in [5.74, 6) is 0.817. The fourth-order valence-electron chi connectivity index (χ4n) is 2.39. The molecule has 0 spiro atoms. The lowest BCUT2D eigenvalue weighted by atomic mass is 10.2. The van der Waals surface area contributed by atoms with Crippen molar-refractivity contribution in [3.05, 3.63) is 53.8 Å². The fourth-order valence-corrected chi connectivity index (χ4v) is 2.39. The summed E-state index contributed by atoms with van der Waals surface area (Å²) in [4.78, 5) is 7.36. The molecular formula is C16H11FN2O. The zero-order chi connectivity index (χ0) is 13.7. The molecule has 0 saturated carbocycles. The summed E-state index contributed by atoms with van der Waals surface area (Å²) >= 11 is 0. The zero-order valence-electron chi connectivity index (χ0n) is 10.8. The average molecular weight is 266 g/mol. The highest BCUT2D eigenvalue weighted by atomic mass is 19.1. The van der Waals surface area contributed by atoms with Crippen molar-refractivity contribution in [1.29, 1.82) is 0 Å². The van der Waals surface area contributed by atoms with Crippen LogP contribution >= 0.6 is 0 Å². The predicted molar refractivity (Wildman–Crippen MR) is 76.0 cm³/mol. The van der Waals surface area contributed by atoms with E-state index in [-0.39, 0.29) is 5.82 Å². The van der Waals surface area contributed by atoms with Gasteiger partial charge >= 0.3 is 0 Å². The molecule has 0 radical (unpaired) electrons. The van der Waals surface area contributed by atoms with Crippen molar-refractivity contribution in [1.82, 2.24) is 9.97 Å². The maximum atomic E-state index is 13.7. The first kappa shape index (κ1) is 11.2. The Morgan fingerprint density at radius 1 is 1.15 bits per heavy atom. The third-order valence-electron chi connectivity index (χ3n) is 3.37. The molecule has 3 nitrogen and oxygen atoms in total. The zero-order valence-corrected chi connectivity index (χ0v) is 10.8. The number of benzene rings is 2. The number of aromatic amines is 1. The second kappa shape index (κ2) is 3.93. The van der Waals surface area contributed by atoms with E-state index in [2.05, 4.69) is 9.97 Å². The highest BCUT2D eigenvalue weighted by Gasteiger charge is 2.12. The molecular weight excluding hydrogens is 255 g/mol. The largest absolute Gasteiger partial charge is 0.453 e. The summed E-state index contributed by atoms with van der Waals surface area (Å²) in [6, 6.07) is 12.7. The second-order valence-corrected chi connectivity index (χ2v) is 4.87. The van der Waals surface area contributed by atoms with Crippen LogP contribution in [0.2, 0.25) is 0 Å². The Kier molecular flexibility index (Phi) is 2.21. The molecule has 0 aliphatic carbocycles. The molecule has 0 atom stereocenters. The summed E-state index contributed by atoms with van der Waals surface area (Å²) in [5, 5.41) is 1.01. The Bertz CT molecular complexity index is 936. The molecule has 2 aromatic carbocycles. The first-order valence-electron chi connectivity index (χ1n) is 6.35. The van der Waals surface area contributed by atoms with Gasteiger partial charge in [0.05, 0.1) is 5.52 Å². The third kappa shape index (κ3) is 1.61. The summed E-state index contributed by atoms with van der Waals surface area (Å²) in [6.45, 7) is 2.03. The van der Waals surface area contributed by atoms with Crippen LogP contribution in [-0.4, -0.2) is 9.97 Å². The normalized spacial score (nSPS) is 11.5. The van der Waals surface area contributed by atoms with Crippen LogP contribution < -0.4 is 0 Å². The number of hydrogen-bond acceptors (Lipinski definition) is 2. The first-order chi connectivity index (χ1) is 9.70. The number of para-hydroxylation sites is 1. The van der Waals surface area contributed by atoms with Crippen LogP contribution in [0.15, 0.2) is 46.9 Å². The smallest absolute Gasteiger partial charge is 0.174 e. The van der Waals surface area contributed by atoms with Crippen molar-refractivity contribution in [2.45, 2.75) is 6.92 Å². The number of rotatable bonds is 1. The number of imidazole rings is 1. The summed E-state index contributed by atoms with van der Waals surface area (Å²) in [7, 11) is 0. The van der Waals surface area contributed by atoms with E-state index in [9.17, 15) is 4.39 Å². The average Bonchev–Trinajstić information content (AvgIpc) is 3.01. The molecule has 0 saturated heterocycles. The summed E-state index contributed by atoms with van der Waals surface area (Å²) in [5.41, 5.74) is 2.96. The predicted octanol–water partition coefficient (Wildman–Crippen LogP) is 4.42. The molecule has 4 rings (SSSR count). The number of H-pyrrole nitrogens is 1. The van der Waals surface area contributed by atoms with Crippen LogP contribution in [0.25, 0.3) is 33.6 Å². The van der Waals surface area contributed by atoms with Crippen LogP contribution in [0.1, 0.15) is 5.56 Å². The van der Waals surface area contributed by atoms with Gasteiger partial charge in [0.1, 0.15) is 11.1 Å². The minimum absolute atomic E-state index is 0.333. The fraction of sp³-hybridized carbons (Fsp3) is 0.0625. The second-order valence-electron chi connectivity index (χ2n) is 4.87. The molecule has 0 aliphatic heterocycles. The van der Waals surface area contributed by atoms with E-state index in [1.807, 2.05) is 31.2 Å². The molecule has 98 valence electrons. The van der Waals surface area contributed by atoms with Crippen molar-refractivity contribution in [2.24, 2.45) is 0 Å². The number of aryl methyl sites for hydroxylation is 1. The lowest BCUT2D eigenvalue weighted by molar-refractivity contribution is 0.625. The number of fused-ring (bicyclic) bond motifs is 2. The molecule has 20 heavy (non-hydrogen) atoms. The minimum atomic E-state index is -0.336. The first-order valence-corrected chi connectivity index (χ1v) is 6.35. The highest BCUT2D eigenvalue weighted by Crippen LogP contribution is 2.28. The molecule has 1 N–H and O–H groups in total. The van der Waals surface area contributed by atoms with Crippen LogP contribution in [-0.2, 0) is 0 Å². The maximum Gasteiger partial charge on any atom is 0.174 e. The van der Waals surface area contributed by atoms with E-state index >= 15 is 0 Å². The quantitative estimate of drug-likeness (QED) is 0.554. The summed E-state index contributed by atoms with van der Waals surface area (Å²) < 4.78 is 19.4. The van der Waals surface area contributed by atoms with Gasteiger partial charge in [-0.25, -0.2) is 9.37 Å². The van der Waals surface area contributed by atoms with Crippen LogP contribution in [0.3, 0.4) is 0 Å². The maximum absolute atomic E-state index is 13.7. The lowest BCUT2D eigenvalue weighted by Gasteiger charge is -1.89. The van der Waals surface area contributed by atoms with Crippen molar-refractivity contribution in [3.8, 4) is 11.6 Å². The van der Waals surface area contributed by atoms with Crippen LogP contribution in [0.4, 0.5) is 4.39 Å². The molecule has 4 heteroatoms. The Morgan fingerprint density at radius 3 is 2.90 bits per heavy atom. The molecule has 0 fully saturated rings. The Labute approximate surface area is 114 Å². The van der Waals surface area contributed by atoms with E-state index in [1.165, 1.54) is 11.6 Å². The van der Waals surface area contributed by atoms with Crippen LogP contribution in [0.5, 0.6) is 0 Å². The molecule has 2 heterocycles. The molecule has 4 aromatic rings. The number of hydrogen-bond donors (Lipinski definition) is 1. The number of furan rings is 1. The van der Waals surface area contributed by atoms with Gasteiger partial charge < -0.3 is 9.40 Å². The number of nitrogens with zero attached hydrogens (tertiary/aromatic N) is 1. The van der Waals surface area contributed by atoms with Gasteiger partial charge in [0.25, 0.3) is 0 Å². The summed E-state index contributed by atoms with van der Waals surface area (Å²) in [6.07, 6.45) is 0. The lowest BCUT2D eigenvalue weighted by Crippen LogP contribution is -1.76. The monoisotopic (exact) mass is 266 g/mol. The molecule has 0 amide bonds. The standard InChI is InChI=1S/C16H11FN2O/c1-9-5-6-13-10(7-9)8-14(20-13)16-18-12-4-2-3-11(17)15(12)19-16/h2-8H,1H3,(H,18,19). The van der Waals surface area contributed by atoms with E-state index in [0.29, 0.717) is 22.6 Å². The third-order valence-corrected chi connectivity index (χ3v) is 3.37. The van der Waals surface area contributed by atoms with E-state index in [0.717, 1.165) is 11.0 Å². The molecule has 2 aromatic heterocycles. The number of aromatic nitrogens is 2. The number of nitrogens with one attached hydrogen (secondary N) is 1. The van der Waals surface area contributed by atoms with E-state index in [4.69, 9.17) is 4.42 Å². The van der Waals surface area contributed by atoms with Crippen LogP contribution in [0, 0.1) is 12.7 Å². The molecule has 0 bridgehead atoms. The van der Waals surface area contributed by atoms with Gasteiger partial charge in [-0.2, -0.15) is 0 Å². The van der Waals surface area contributed by atoms with Crippen molar-refractivity contribution >= 4 is 22.0 Å². The van der Waals surface area contributed by atoms with Gasteiger partial charge in [-0.3, -0.25) is 0 Å². The molecule has 0 aliphatic rings. The minimum Gasteiger partial charge on any atom is -0.453 e. The van der Waals surface area contributed by atoms with Gasteiger partial charge in [0.2, 0.25) is 0 Å². The Morgan fingerprint density at radius 2 is 2.05 bits per heavy atom. The van der Waals surface area contributed by atoms with Gasteiger partial charge in [0, 0.05) is 5.39 Å². The van der Waals surface area contributed by atoms with Gasteiger partial charge in [-0.1, -0.05) is 17.7 Å².